The van der Waals surface area contributed by atoms with Crippen LogP contribution in [-0.2, 0) is 17.3 Å². The van der Waals surface area contributed by atoms with Gasteiger partial charge in [-0.1, -0.05) is 32.4 Å². The highest BCUT2D eigenvalue weighted by Crippen LogP contribution is 2.29. The predicted molar refractivity (Wildman–Crippen MR) is 51.7 cm³/mol. The van der Waals surface area contributed by atoms with E-state index in [4.69, 9.17) is 11.6 Å². The zero-order chi connectivity index (χ0) is 10.2. The Balaban J connectivity index is 3.34. The minimum absolute atomic E-state index is 0.149. The summed E-state index contributed by atoms with van der Waals surface area (Å²) in [6, 6.07) is 0. The smallest absolute Gasteiger partial charge is 0.254 e. The van der Waals surface area contributed by atoms with E-state index < -0.39 is 0 Å². The molecule has 0 saturated carbocycles. The molecule has 0 aliphatic carbocycles. The molecule has 0 saturated heterocycles. The molecule has 0 amide bonds. The van der Waals surface area contributed by atoms with E-state index in [1.54, 1.807) is 13.3 Å². The van der Waals surface area contributed by atoms with Crippen LogP contribution in [0.4, 0.5) is 0 Å². The van der Waals surface area contributed by atoms with E-state index in [2.05, 4.69) is 5.10 Å². The molecule has 0 aliphatic heterocycles. The van der Waals surface area contributed by atoms with E-state index in [0.29, 0.717) is 10.7 Å². The summed E-state index contributed by atoms with van der Waals surface area (Å²) in [6.45, 7) is 5.99. The highest BCUT2D eigenvalue weighted by Gasteiger charge is 2.24. The van der Waals surface area contributed by atoms with Gasteiger partial charge in [0.05, 0.1) is 10.7 Å². The molecule has 1 aromatic heterocycles. The second-order valence-electron chi connectivity index (χ2n) is 3.99. The van der Waals surface area contributed by atoms with Crippen molar-refractivity contribution >= 4 is 17.9 Å². The summed E-state index contributed by atoms with van der Waals surface area (Å²) in [5.41, 5.74) is 0.894. The Labute approximate surface area is 82.7 Å². The molecule has 0 N–H and O–H groups in total. The molecule has 0 aromatic carbocycles. The summed E-state index contributed by atoms with van der Waals surface area (Å²) in [6.07, 6.45) is 1.77. The van der Waals surface area contributed by atoms with Crippen molar-refractivity contribution in [2.24, 2.45) is 7.05 Å². The lowest BCUT2D eigenvalue weighted by Gasteiger charge is -2.14. The first-order valence-electron chi connectivity index (χ1n) is 3.99. The Morgan fingerprint density at radius 3 is 2.23 bits per heavy atom. The van der Waals surface area contributed by atoms with Crippen LogP contribution in [0.5, 0.6) is 0 Å². The molecule has 0 unspecified atom stereocenters. The minimum atomic E-state index is -0.149. The average molecular weight is 200 g/mol. The van der Waals surface area contributed by atoms with Crippen LogP contribution in [0.3, 0.4) is 0 Å². The van der Waals surface area contributed by atoms with Crippen molar-refractivity contribution in [3.05, 3.63) is 16.4 Å². The quantitative estimate of drug-likeness (QED) is 0.692. The van der Waals surface area contributed by atoms with Gasteiger partial charge in [0.2, 0.25) is 0 Å². The zero-order valence-corrected chi connectivity index (χ0v) is 8.94. The van der Waals surface area contributed by atoms with Crippen LogP contribution >= 0.6 is 11.6 Å². The maximum Gasteiger partial charge on any atom is 0.254 e. The molecule has 1 heterocycles. The van der Waals surface area contributed by atoms with Crippen LogP contribution in [0.2, 0.25) is 5.02 Å². The molecule has 0 fully saturated rings. The standard InChI is InChI=1S/C9H12ClN2O/c1-9(2,3)8-7(10)6(5-13)12(4)11-8/h1-4H3. The number of aryl methyl sites for hydroxylation is 1. The van der Waals surface area contributed by atoms with Crippen LogP contribution in [0, 0.1) is 0 Å². The summed E-state index contributed by atoms with van der Waals surface area (Å²) in [5.74, 6) is 0. The molecule has 71 valence electrons. The zero-order valence-electron chi connectivity index (χ0n) is 8.18. The van der Waals surface area contributed by atoms with Crippen molar-refractivity contribution < 1.29 is 4.79 Å². The highest BCUT2D eigenvalue weighted by molar-refractivity contribution is 6.33. The Hall–Kier alpha value is -0.830. The van der Waals surface area contributed by atoms with Crippen LogP contribution in [0.1, 0.15) is 32.2 Å². The first-order chi connectivity index (χ1) is 5.88. The Bertz CT molecular complexity index is 336. The molecular formula is C9H12ClN2O. The summed E-state index contributed by atoms with van der Waals surface area (Å²) >= 11 is 5.97. The van der Waals surface area contributed by atoms with Crippen LogP contribution in [0.25, 0.3) is 0 Å². The summed E-state index contributed by atoms with van der Waals surface area (Å²) in [7, 11) is 1.68. The maximum absolute atomic E-state index is 10.5. The maximum atomic E-state index is 10.5. The molecule has 13 heavy (non-hydrogen) atoms. The van der Waals surface area contributed by atoms with Crippen molar-refractivity contribution in [2.45, 2.75) is 26.2 Å². The number of hydrogen-bond donors (Lipinski definition) is 0. The van der Waals surface area contributed by atoms with E-state index in [1.165, 1.54) is 4.68 Å². The Morgan fingerprint density at radius 2 is 2.00 bits per heavy atom. The first-order valence-corrected chi connectivity index (χ1v) is 4.37. The molecule has 3 nitrogen and oxygen atoms in total. The van der Waals surface area contributed by atoms with Gasteiger partial charge in [-0.25, -0.2) is 0 Å². The van der Waals surface area contributed by atoms with Gasteiger partial charge in [0, 0.05) is 12.5 Å². The van der Waals surface area contributed by atoms with Crippen molar-refractivity contribution in [1.29, 1.82) is 0 Å². The molecule has 0 atom stereocenters. The van der Waals surface area contributed by atoms with Gasteiger partial charge in [-0.3, -0.25) is 9.48 Å². The van der Waals surface area contributed by atoms with Gasteiger partial charge >= 0.3 is 0 Å². The SMILES string of the molecule is Cn1nc(C(C)(C)C)c(Cl)c1[C]=O. The van der Waals surface area contributed by atoms with Crippen LogP contribution < -0.4 is 0 Å². The van der Waals surface area contributed by atoms with Gasteiger partial charge < -0.3 is 0 Å². The first kappa shape index (κ1) is 10.3. The number of halogens is 1. The molecule has 0 spiro atoms. The van der Waals surface area contributed by atoms with Crippen molar-refractivity contribution in [1.82, 2.24) is 9.78 Å². The Morgan fingerprint density at radius 1 is 1.46 bits per heavy atom. The number of carbonyl (C=O) groups excluding carboxylic acids is 1. The lowest BCUT2D eigenvalue weighted by atomic mass is 9.92. The van der Waals surface area contributed by atoms with E-state index in [1.807, 2.05) is 20.8 Å². The topological polar surface area (TPSA) is 34.9 Å². The second kappa shape index (κ2) is 3.14. The lowest BCUT2D eigenvalue weighted by Crippen LogP contribution is -2.12. The Kier molecular flexibility index (Phi) is 2.48. The molecule has 0 bridgehead atoms. The number of hydrogen-bond acceptors (Lipinski definition) is 2. The third-order valence-electron chi connectivity index (χ3n) is 1.80. The minimum Gasteiger partial charge on any atom is -0.283 e. The van der Waals surface area contributed by atoms with Crippen molar-refractivity contribution in [3.63, 3.8) is 0 Å². The lowest BCUT2D eigenvalue weighted by molar-refractivity contribution is 0.548. The predicted octanol–water partition coefficient (Wildman–Crippen LogP) is 1.83. The summed E-state index contributed by atoms with van der Waals surface area (Å²) in [4.78, 5) is 10.5. The molecule has 1 aromatic rings. The largest absolute Gasteiger partial charge is 0.283 e. The average Bonchev–Trinajstić information content (AvgIpc) is 2.25. The summed E-state index contributed by atoms with van der Waals surface area (Å²) < 4.78 is 1.45. The second-order valence-corrected chi connectivity index (χ2v) is 4.36. The molecular weight excluding hydrogens is 188 g/mol. The fourth-order valence-electron chi connectivity index (χ4n) is 1.09. The van der Waals surface area contributed by atoms with Gasteiger partial charge in [-0.2, -0.15) is 5.10 Å². The van der Waals surface area contributed by atoms with Crippen LogP contribution in [0.15, 0.2) is 0 Å². The van der Waals surface area contributed by atoms with Crippen molar-refractivity contribution in [3.8, 4) is 0 Å². The molecule has 4 heteroatoms. The van der Waals surface area contributed by atoms with E-state index in [9.17, 15) is 4.79 Å². The molecule has 0 aliphatic rings. The van der Waals surface area contributed by atoms with Crippen molar-refractivity contribution in [2.75, 3.05) is 0 Å². The highest BCUT2D eigenvalue weighted by atomic mass is 35.5. The van der Waals surface area contributed by atoms with Gasteiger partial charge in [0.15, 0.2) is 0 Å². The van der Waals surface area contributed by atoms with Gasteiger partial charge in [0.25, 0.3) is 6.29 Å². The third-order valence-corrected chi connectivity index (χ3v) is 2.15. The van der Waals surface area contributed by atoms with E-state index in [-0.39, 0.29) is 5.41 Å². The van der Waals surface area contributed by atoms with E-state index >= 15 is 0 Å². The van der Waals surface area contributed by atoms with Gasteiger partial charge in [-0.05, 0) is 0 Å². The normalized spacial score (nSPS) is 11.8. The van der Waals surface area contributed by atoms with E-state index in [0.717, 1.165) is 5.69 Å². The van der Waals surface area contributed by atoms with Crippen LogP contribution in [-0.4, -0.2) is 16.1 Å². The summed E-state index contributed by atoms with van der Waals surface area (Å²) in [5, 5.41) is 4.58. The monoisotopic (exact) mass is 199 g/mol. The molecule has 1 radical (unpaired) electrons. The fourth-order valence-corrected chi connectivity index (χ4v) is 1.57. The number of nitrogens with zero attached hydrogens (tertiary/aromatic N) is 2. The van der Waals surface area contributed by atoms with Gasteiger partial charge in [0.1, 0.15) is 5.69 Å². The van der Waals surface area contributed by atoms with Gasteiger partial charge in [-0.15, -0.1) is 0 Å². The molecule has 1 rings (SSSR count). The number of rotatable bonds is 1. The number of aromatic nitrogens is 2. The fraction of sp³-hybridized carbons (Fsp3) is 0.556. The third kappa shape index (κ3) is 1.75.